The van der Waals surface area contributed by atoms with Crippen molar-refractivity contribution in [1.82, 2.24) is 5.32 Å². The number of aryl methyl sites for hydroxylation is 1. The molecule has 1 aliphatic rings. The fourth-order valence-corrected chi connectivity index (χ4v) is 3.37. The summed E-state index contributed by atoms with van der Waals surface area (Å²) in [4.78, 5) is 12.7. The molecule has 0 spiro atoms. The molecule has 0 saturated carbocycles. The van der Waals surface area contributed by atoms with Crippen LogP contribution >= 0.6 is 11.6 Å². The summed E-state index contributed by atoms with van der Waals surface area (Å²) in [5, 5.41) is 3.69. The van der Waals surface area contributed by atoms with E-state index in [1.807, 2.05) is 32.9 Å². The Morgan fingerprint density at radius 2 is 2.08 bits per heavy atom. The maximum absolute atomic E-state index is 12.7. The molecule has 0 unspecified atom stereocenters. The molecule has 0 fully saturated rings. The van der Waals surface area contributed by atoms with Gasteiger partial charge in [0.2, 0.25) is 0 Å². The van der Waals surface area contributed by atoms with Gasteiger partial charge in [-0.15, -0.1) is 0 Å². The number of hydrogen-bond donors (Lipinski definition) is 1. The quantitative estimate of drug-likeness (QED) is 0.834. The van der Waals surface area contributed by atoms with Crippen molar-refractivity contribution in [2.45, 2.75) is 51.9 Å². The lowest BCUT2D eigenvalue weighted by Gasteiger charge is -2.38. The van der Waals surface area contributed by atoms with Gasteiger partial charge in [0.15, 0.2) is 6.10 Å². The van der Waals surface area contributed by atoms with Crippen LogP contribution in [0.5, 0.6) is 11.5 Å². The summed E-state index contributed by atoms with van der Waals surface area (Å²) in [6.45, 7) is 7.82. The van der Waals surface area contributed by atoms with Crippen molar-refractivity contribution in [2.75, 3.05) is 0 Å². The number of carbonyl (C=O) groups excluding carboxylic acids is 1. The Bertz CT molecular complexity index is 819. The van der Waals surface area contributed by atoms with E-state index in [1.165, 1.54) is 0 Å². The molecule has 0 aliphatic carbocycles. The number of amides is 1. The van der Waals surface area contributed by atoms with Crippen molar-refractivity contribution in [3.63, 3.8) is 0 Å². The Kier molecular flexibility index (Phi) is 5.15. The summed E-state index contributed by atoms with van der Waals surface area (Å²) in [6.07, 6.45) is 0.0618. The third-order valence-electron chi connectivity index (χ3n) is 4.42. The number of carbonyl (C=O) groups is 1. The molecule has 2 aromatic rings. The minimum Gasteiger partial charge on any atom is -0.487 e. The van der Waals surface area contributed by atoms with Crippen LogP contribution in [0.25, 0.3) is 0 Å². The Hall–Kier alpha value is -2.20. The molecule has 0 radical (unpaired) electrons. The molecular weight excluding hydrogens is 350 g/mol. The van der Waals surface area contributed by atoms with Gasteiger partial charge in [-0.1, -0.05) is 35.4 Å². The monoisotopic (exact) mass is 373 g/mol. The highest BCUT2D eigenvalue weighted by molar-refractivity contribution is 6.30. The molecule has 1 heterocycles. The summed E-state index contributed by atoms with van der Waals surface area (Å²) in [5.41, 5.74) is 1.79. The van der Waals surface area contributed by atoms with Crippen LogP contribution in [-0.2, 0) is 4.79 Å². The van der Waals surface area contributed by atoms with Crippen molar-refractivity contribution in [2.24, 2.45) is 0 Å². The molecule has 0 saturated heterocycles. The Morgan fingerprint density at radius 3 is 2.81 bits per heavy atom. The van der Waals surface area contributed by atoms with Gasteiger partial charge >= 0.3 is 0 Å². The first-order valence-corrected chi connectivity index (χ1v) is 9.13. The summed E-state index contributed by atoms with van der Waals surface area (Å²) in [5.74, 6) is 1.23. The number of halogens is 1. The van der Waals surface area contributed by atoms with Crippen LogP contribution in [0.2, 0.25) is 5.02 Å². The van der Waals surface area contributed by atoms with E-state index in [1.54, 1.807) is 31.2 Å². The summed E-state index contributed by atoms with van der Waals surface area (Å²) >= 11 is 5.97. The average Bonchev–Trinajstić information content (AvgIpc) is 2.54. The molecule has 2 atom stereocenters. The zero-order valence-corrected chi connectivity index (χ0v) is 16.3. The Morgan fingerprint density at radius 1 is 1.31 bits per heavy atom. The standard InChI is InChI=1S/C21H24ClNO3/c1-13-8-9-19-17(10-13)18(12-21(3,4)26-19)23-20(24)14(2)25-16-7-5-6-15(22)11-16/h5-11,14,18H,12H2,1-4H3,(H,23,24)/t14-,18+/m0/s1. The first-order chi connectivity index (χ1) is 12.2. The topological polar surface area (TPSA) is 47.6 Å². The predicted molar refractivity (Wildman–Crippen MR) is 103 cm³/mol. The van der Waals surface area contributed by atoms with Gasteiger partial charge in [0.25, 0.3) is 5.91 Å². The first kappa shape index (κ1) is 18.6. The number of hydrogen-bond acceptors (Lipinski definition) is 3. The molecule has 1 amide bonds. The van der Waals surface area contributed by atoms with Crippen LogP contribution in [0, 0.1) is 6.92 Å². The first-order valence-electron chi connectivity index (χ1n) is 8.76. The van der Waals surface area contributed by atoms with E-state index < -0.39 is 6.10 Å². The summed E-state index contributed by atoms with van der Waals surface area (Å²) < 4.78 is 11.8. The number of nitrogens with one attached hydrogen (secondary N) is 1. The van der Waals surface area contributed by atoms with E-state index >= 15 is 0 Å². The normalized spacial score (nSPS) is 19.0. The van der Waals surface area contributed by atoms with E-state index in [-0.39, 0.29) is 17.6 Å². The lowest BCUT2D eigenvalue weighted by atomic mass is 9.89. The molecule has 2 aromatic carbocycles. The largest absolute Gasteiger partial charge is 0.487 e. The minimum absolute atomic E-state index is 0.119. The van der Waals surface area contributed by atoms with E-state index in [0.29, 0.717) is 17.2 Å². The second kappa shape index (κ2) is 7.20. The molecule has 0 aromatic heterocycles. The third kappa shape index (κ3) is 4.31. The predicted octanol–water partition coefficient (Wildman–Crippen LogP) is 4.83. The molecule has 0 bridgehead atoms. The fraction of sp³-hybridized carbons (Fsp3) is 0.381. The maximum atomic E-state index is 12.7. The lowest BCUT2D eigenvalue weighted by molar-refractivity contribution is -0.128. The van der Waals surface area contributed by atoms with Gasteiger partial charge in [0, 0.05) is 17.0 Å². The lowest BCUT2D eigenvalue weighted by Crippen LogP contribution is -2.44. The number of fused-ring (bicyclic) bond motifs is 1. The zero-order valence-electron chi connectivity index (χ0n) is 15.5. The van der Waals surface area contributed by atoms with Crippen LogP contribution < -0.4 is 14.8 Å². The minimum atomic E-state index is -0.632. The van der Waals surface area contributed by atoms with Gasteiger partial charge in [0.1, 0.15) is 17.1 Å². The van der Waals surface area contributed by atoms with E-state index in [9.17, 15) is 4.79 Å². The van der Waals surface area contributed by atoms with Crippen molar-refractivity contribution < 1.29 is 14.3 Å². The third-order valence-corrected chi connectivity index (χ3v) is 4.65. The van der Waals surface area contributed by atoms with E-state index in [2.05, 4.69) is 11.4 Å². The summed E-state index contributed by atoms with van der Waals surface area (Å²) in [6, 6.07) is 13.0. The van der Waals surface area contributed by atoms with Gasteiger partial charge in [-0.2, -0.15) is 0 Å². The van der Waals surface area contributed by atoms with Crippen LogP contribution in [0.3, 0.4) is 0 Å². The van der Waals surface area contributed by atoms with Crippen molar-refractivity contribution >= 4 is 17.5 Å². The molecule has 1 N–H and O–H groups in total. The van der Waals surface area contributed by atoms with Crippen LogP contribution in [0.4, 0.5) is 0 Å². The van der Waals surface area contributed by atoms with Gasteiger partial charge < -0.3 is 14.8 Å². The van der Waals surface area contributed by atoms with Crippen LogP contribution in [0.15, 0.2) is 42.5 Å². The second-order valence-electron chi connectivity index (χ2n) is 7.39. The van der Waals surface area contributed by atoms with Crippen LogP contribution in [-0.4, -0.2) is 17.6 Å². The van der Waals surface area contributed by atoms with E-state index in [4.69, 9.17) is 21.1 Å². The SMILES string of the molecule is Cc1ccc2c(c1)[C@H](NC(=O)[C@H](C)Oc1cccc(Cl)c1)CC(C)(C)O2. The average molecular weight is 374 g/mol. The van der Waals surface area contributed by atoms with Crippen LogP contribution in [0.1, 0.15) is 44.4 Å². The molecule has 26 heavy (non-hydrogen) atoms. The highest BCUT2D eigenvalue weighted by Gasteiger charge is 2.35. The Balaban J connectivity index is 1.75. The highest BCUT2D eigenvalue weighted by Crippen LogP contribution is 2.39. The molecule has 3 rings (SSSR count). The smallest absolute Gasteiger partial charge is 0.261 e. The molecular formula is C21H24ClNO3. The van der Waals surface area contributed by atoms with Gasteiger partial charge in [0.05, 0.1) is 6.04 Å². The molecule has 4 nitrogen and oxygen atoms in total. The second-order valence-corrected chi connectivity index (χ2v) is 7.82. The molecule has 138 valence electrons. The Labute approximate surface area is 159 Å². The van der Waals surface area contributed by atoms with E-state index in [0.717, 1.165) is 16.9 Å². The number of rotatable bonds is 4. The van der Waals surface area contributed by atoms with Gasteiger partial charge in [-0.25, -0.2) is 0 Å². The van der Waals surface area contributed by atoms with Crippen molar-refractivity contribution in [3.8, 4) is 11.5 Å². The van der Waals surface area contributed by atoms with Gasteiger partial charge in [-0.05, 0) is 52.0 Å². The molecule has 5 heteroatoms. The van der Waals surface area contributed by atoms with Gasteiger partial charge in [-0.3, -0.25) is 4.79 Å². The zero-order chi connectivity index (χ0) is 18.9. The number of benzene rings is 2. The van der Waals surface area contributed by atoms with Crippen molar-refractivity contribution in [3.05, 3.63) is 58.6 Å². The highest BCUT2D eigenvalue weighted by atomic mass is 35.5. The van der Waals surface area contributed by atoms with Crippen molar-refractivity contribution in [1.29, 1.82) is 0 Å². The number of ether oxygens (including phenoxy) is 2. The fourth-order valence-electron chi connectivity index (χ4n) is 3.19. The maximum Gasteiger partial charge on any atom is 0.261 e. The molecule has 1 aliphatic heterocycles. The summed E-state index contributed by atoms with van der Waals surface area (Å²) in [7, 11) is 0.